The summed E-state index contributed by atoms with van der Waals surface area (Å²) in [6.07, 6.45) is 0. The van der Waals surface area contributed by atoms with Crippen molar-refractivity contribution in [3.05, 3.63) is 17.8 Å². The zero-order valence-electron chi connectivity index (χ0n) is 10.7. The van der Waals surface area contributed by atoms with Crippen molar-refractivity contribution in [3.8, 4) is 5.75 Å². The zero-order valence-corrected chi connectivity index (χ0v) is 10.7. The van der Waals surface area contributed by atoms with E-state index in [0.29, 0.717) is 0 Å². The monoisotopic (exact) mass is 237 g/mol. The van der Waals surface area contributed by atoms with Gasteiger partial charge in [-0.3, -0.25) is 4.79 Å². The number of anilines is 1. The standard InChI is InChI=1S/C12H19N3O2/c1-8-5-6-9(16)11(14-8)15-10(17)7-13-12(2,3)4/h5-6,13,16H,7H2,1-4H3,(H,14,15,17). The van der Waals surface area contributed by atoms with Gasteiger partial charge in [0.05, 0.1) is 6.54 Å². The number of aryl methyl sites for hydroxylation is 1. The van der Waals surface area contributed by atoms with Crippen molar-refractivity contribution >= 4 is 11.7 Å². The number of aromatic nitrogens is 1. The minimum atomic E-state index is -0.228. The van der Waals surface area contributed by atoms with E-state index >= 15 is 0 Å². The van der Waals surface area contributed by atoms with Gasteiger partial charge in [0, 0.05) is 11.2 Å². The topological polar surface area (TPSA) is 74.2 Å². The van der Waals surface area contributed by atoms with Gasteiger partial charge in [0.15, 0.2) is 11.6 Å². The number of aromatic hydroxyl groups is 1. The van der Waals surface area contributed by atoms with E-state index in [-0.39, 0.29) is 29.6 Å². The Kier molecular flexibility index (Phi) is 4.07. The van der Waals surface area contributed by atoms with E-state index in [1.807, 2.05) is 20.8 Å². The number of pyridine rings is 1. The Balaban J connectivity index is 2.59. The molecule has 1 aromatic heterocycles. The van der Waals surface area contributed by atoms with E-state index in [4.69, 9.17) is 0 Å². The first-order chi connectivity index (χ1) is 7.78. The van der Waals surface area contributed by atoms with Crippen LogP contribution in [0.4, 0.5) is 5.82 Å². The first-order valence-electron chi connectivity index (χ1n) is 5.49. The van der Waals surface area contributed by atoms with Crippen molar-refractivity contribution in [1.29, 1.82) is 0 Å². The van der Waals surface area contributed by atoms with Crippen LogP contribution in [-0.2, 0) is 4.79 Å². The molecule has 0 bridgehead atoms. The molecule has 5 heteroatoms. The van der Waals surface area contributed by atoms with Gasteiger partial charge in [0.25, 0.3) is 0 Å². The molecule has 1 aromatic rings. The van der Waals surface area contributed by atoms with Gasteiger partial charge in [-0.05, 0) is 39.8 Å². The number of hydrogen-bond acceptors (Lipinski definition) is 4. The van der Waals surface area contributed by atoms with Crippen LogP contribution in [0.2, 0.25) is 0 Å². The lowest BCUT2D eigenvalue weighted by Crippen LogP contribution is -2.41. The number of rotatable bonds is 3. The van der Waals surface area contributed by atoms with Crippen LogP contribution in [-0.4, -0.2) is 28.1 Å². The molecule has 0 saturated carbocycles. The summed E-state index contributed by atoms with van der Waals surface area (Å²) in [5, 5.41) is 15.1. The Morgan fingerprint density at radius 2 is 2.06 bits per heavy atom. The molecule has 0 atom stereocenters. The van der Waals surface area contributed by atoms with E-state index < -0.39 is 0 Å². The van der Waals surface area contributed by atoms with E-state index in [9.17, 15) is 9.90 Å². The third kappa shape index (κ3) is 4.82. The first-order valence-corrected chi connectivity index (χ1v) is 5.49. The molecule has 94 valence electrons. The molecule has 1 rings (SSSR count). The zero-order chi connectivity index (χ0) is 13.1. The smallest absolute Gasteiger partial charge is 0.239 e. The van der Waals surface area contributed by atoms with Crippen molar-refractivity contribution in [2.45, 2.75) is 33.2 Å². The number of amides is 1. The van der Waals surface area contributed by atoms with Crippen LogP contribution < -0.4 is 10.6 Å². The van der Waals surface area contributed by atoms with E-state index in [0.717, 1.165) is 5.69 Å². The lowest BCUT2D eigenvalue weighted by Gasteiger charge is -2.20. The molecule has 0 aliphatic carbocycles. The highest BCUT2D eigenvalue weighted by atomic mass is 16.3. The molecule has 0 aromatic carbocycles. The van der Waals surface area contributed by atoms with Crippen molar-refractivity contribution in [2.75, 3.05) is 11.9 Å². The van der Waals surface area contributed by atoms with Gasteiger partial charge in [-0.1, -0.05) is 0 Å². The number of hydrogen-bond donors (Lipinski definition) is 3. The Bertz CT molecular complexity index is 411. The van der Waals surface area contributed by atoms with Crippen LogP contribution >= 0.6 is 0 Å². The van der Waals surface area contributed by atoms with Crippen molar-refractivity contribution in [1.82, 2.24) is 10.3 Å². The molecule has 0 aliphatic rings. The minimum Gasteiger partial charge on any atom is -0.504 e. The van der Waals surface area contributed by atoms with Gasteiger partial charge in [-0.25, -0.2) is 4.98 Å². The fourth-order valence-electron chi connectivity index (χ4n) is 1.16. The predicted molar refractivity (Wildman–Crippen MR) is 67.0 cm³/mol. The van der Waals surface area contributed by atoms with E-state index in [1.54, 1.807) is 13.0 Å². The molecule has 1 amide bonds. The summed E-state index contributed by atoms with van der Waals surface area (Å²) in [4.78, 5) is 15.6. The maximum atomic E-state index is 11.6. The van der Waals surface area contributed by atoms with Crippen LogP contribution in [0.15, 0.2) is 12.1 Å². The van der Waals surface area contributed by atoms with Crippen molar-refractivity contribution in [3.63, 3.8) is 0 Å². The molecule has 0 radical (unpaired) electrons. The molecule has 0 aliphatic heterocycles. The predicted octanol–water partition coefficient (Wildman–Crippen LogP) is 1.42. The number of nitrogens with one attached hydrogen (secondary N) is 2. The van der Waals surface area contributed by atoms with Crippen LogP contribution in [0.3, 0.4) is 0 Å². The van der Waals surface area contributed by atoms with Gasteiger partial charge in [0.1, 0.15) is 0 Å². The maximum absolute atomic E-state index is 11.6. The molecule has 1 heterocycles. The lowest BCUT2D eigenvalue weighted by molar-refractivity contribution is -0.115. The number of carbonyl (C=O) groups excluding carboxylic acids is 1. The summed E-state index contributed by atoms with van der Waals surface area (Å²) < 4.78 is 0. The van der Waals surface area contributed by atoms with Gasteiger partial charge >= 0.3 is 0 Å². The lowest BCUT2D eigenvalue weighted by atomic mass is 10.1. The largest absolute Gasteiger partial charge is 0.504 e. The Morgan fingerprint density at radius 3 is 2.65 bits per heavy atom. The van der Waals surface area contributed by atoms with E-state index in [2.05, 4.69) is 15.6 Å². The third-order valence-electron chi connectivity index (χ3n) is 2.05. The summed E-state index contributed by atoms with van der Waals surface area (Å²) in [7, 11) is 0. The average molecular weight is 237 g/mol. The van der Waals surface area contributed by atoms with Crippen LogP contribution in [0.25, 0.3) is 0 Å². The maximum Gasteiger partial charge on any atom is 0.239 e. The summed E-state index contributed by atoms with van der Waals surface area (Å²) in [5.41, 5.74) is 0.612. The molecule has 0 spiro atoms. The average Bonchev–Trinajstić information content (AvgIpc) is 2.20. The molecule has 0 saturated heterocycles. The number of carbonyl (C=O) groups is 1. The van der Waals surface area contributed by atoms with Crippen molar-refractivity contribution < 1.29 is 9.90 Å². The molecule has 17 heavy (non-hydrogen) atoms. The Morgan fingerprint density at radius 1 is 1.41 bits per heavy atom. The quantitative estimate of drug-likeness (QED) is 0.743. The molecule has 0 unspecified atom stereocenters. The second-order valence-electron chi connectivity index (χ2n) is 4.97. The SMILES string of the molecule is Cc1ccc(O)c(NC(=O)CNC(C)(C)C)n1. The van der Waals surface area contributed by atoms with Crippen molar-refractivity contribution in [2.24, 2.45) is 0 Å². The minimum absolute atomic E-state index is 0.0280. The fraction of sp³-hybridized carbons (Fsp3) is 0.500. The fourth-order valence-corrected chi connectivity index (χ4v) is 1.16. The summed E-state index contributed by atoms with van der Waals surface area (Å²) in [6.45, 7) is 7.90. The van der Waals surface area contributed by atoms with Crippen LogP contribution in [0.1, 0.15) is 26.5 Å². The molecule has 5 nitrogen and oxygen atoms in total. The first kappa shape index (κ1) is 13.4. The molecule has 0 fully saturated rings. The normalized spacial score (nSPS) is 11.3. The Labute approximate surface area is 101 Å². The van der Waals surface area contributed by atoms with Gasteiger partial charge < -0.3 is 15.7 Å². The summed E-state index contributed by atoms with van der Waals surface area (Å²) >= 11 is 0. The highest BCUT2D eigenvalue weighted by Crippen LogP contribution is 2.19. The third-order valence-corrected chi connectivity index (χ3v) is 2.05. The highest BCUT2D eigenvalue weighted by molar-refractivity contribution is 5.92. The van der Waals surface area contributed by atoms with Gasteiger partial charge in [0.2, 0.25) is 5.91 Å². The molecule has 3 N–H and O–H groups in total. The van der Waals surface area contributed by atoms with E-state index in [1.165, 1.54) is 6.07 Å². The molecular formula is C12H19N3O2. The number of nitrogens with zero attached hydrogens (tertiary/aromatic N) is 1. The van der Waals surface area contributed by atoms with Crippen LogP contribution in [0, 0.1) is 6.92 Å². The molecular weight excluding hydrogens is 218 g/mol. The Hall–Kier alpha value is -1.62. The highest BCUT2D eigenvalue weighted by Gasteiger charge is 2.13. The van der Waals surface area contributed by atoms with Gasteiger partial charge in [-0.15, -0.1) is 0 Å². The summed E-state index contributed by atoms with van der Waals surface area (Å²) in [6, 6.07) is 3.19. The van der Waals surface area contributed by atoms with Gasteiger partial charge in [-0.2, -0.15) is 0 Å². The summed E-state index contributed by atoms with van der Waals surface area (Å²) in [5.74, 6) is -0.0567. The second kappa shape index (κ2) is 5.14. The van der Waals surface area contributed by atoms with Crippen LogP contribution in [0.5, 0.6) is 5.75 Å². The second-order valence-corrected chi connectivity index (χ2v) is 4.97.